The molecule has 3 aromatic rings. The summed E-state index contributed by atoms with van der Waals surface area (Å²) in [5.74, 6) is -0.539. The first-order valence-electron chi connectivity index (χ1n) is 8.84. The normalized spacial score (nSPS) is 18.9. The summed E-state index contributed by atoms with van der Waals surface area (Å²) in [6.07, 6.45) is 0. The molecule has 0 N–H and O–H groups in total. The molecule has 140 valence electrons. The first-order chi connectivity index (χ1) is 13.6. The molecule has 5 nitrogen and oxygen atoms in total. The van der Waals surface area contributed by atoms with Crippen LogP contribution in [0.1, 0.15) is 17.0 Å². The first kappa shape index (κ1) is 18.4. The van der Waals surface area contributed by atoms with Gasteiger partial charge in [0, 0.05) is 0 Å². The van der Waals surface area contributed by atoms with Crippen molar-refractivity contribution in [3.05, 3.63) is 106 Å². The molecule has 0 fully saturated rings. The van der Waals surface area contributed by atoms with E-state index in [1.165, 1.54) is 0 Å². The maximum absolute atomic E-state index is 13.3. The summed E-state index contributed by atoms with van der Waals surface area (Å²) in [7, 11) is 0. The van der Waals surface area contributed by atoms with Gasteiger partial charge in [0.05, 0.1) is 0 Å². The third kappa shape index (κ3) is 3.21. The van der Waals surface area contributed by atoms with Crippen molar-refractivity contribution in [3.63, 3.8) is 0 Å². The van der Waals surface area contributed by atoms with Crippen LogP contribution in [0.5, 0.6) is 5.75 Å². The van der Waals surface area contributed by atoms with Gasteiger partial charge in [-0.15, -0.1) is 0 Å². The van der Waals surface area contributed by atoms with E-state index >= 15 is 0 Å². The topological polar surface area (TPSA) is 69.4 Å². The van der Waals surface area contributed by atoms with Crippen LogP contribution >= 0.6 is 0 Å². The third-order valence-corrected chi connectivity index (χ3v) is 7.99. The van der Waals surface area contributed by atoms with Gasteiger partial charge in [0.25, 0.3) is 0 Å². The van der Waals surface area contributed by atoms with Crippen LogP contribution in [-0.4, -0.2) is 32.4 Å². The van der Waals surface area contributed by atoms with Crippen molar-refractivity contribution in [2.75, 3.05) is 6.54 Å². The predicted octanol–water partition coefficient (Wildman–Crippen LogP) is 2.89. The minimum absolute atomic E-state index is 0.339. The number of nitrogens with zero attached hydrogens (tertiary/aromatic N) is 1. The molecule has 1 heterocycles. The minimum atomic E-state index is -1.10. The second-order valence-electron chi connectivity index (χ2n) is 6.52. The molecule has 0 aromatic heterocycles. The van der Waals surface area contributed by atoms with E-state index in [0.717, 1.165) is 15.6 Å². The van der Waals surface area contributed by atoms with Crippen molar-refractivity contribution in [1.29, 1.82) is 0 Å². The number of fused-ring (bicyclic) bond motifs is 1. The Kier molecular flexibility index (Phi) is 4.99. The Morgan fingerprint density at radius 1 is 0.929 bits per heavy atom. The van der Waals surface area contributed by atoms with Crippen molar-refractivity contribution in [2.24, 2.45) is 0 Å². The van der Waals surface area contributed by atoms with Crippen molar-refractivity contribution in [1.82, 2.24) is 0 Å². The predicted molar refractivity (Wildman–Crippen MR) is 107 cm³/mol. The summed E-state index contributed by atoms with van der Waals surface area (Å²) in [5.41, 5.74) is 1.50. The van der Waals surface area contributed by atoms with E-state index in [1.54, 1.807) is 6.07 Å². The average Bonchev–Trinajstić information content (AvgIpc) is 2.99. The van der Waals surface area contributed by atoms with Crippen molar-refractivity contribution >= 4 is 25.4 Å². The van der Waals surface area contributed by atoms with Gasteiger partial charge in [0.2, 0.25) is 0 Å². The van der Waals surface area contributed by atoms with Crippen molar-refractivity contribution < 1.29 is 14.5 Å². The van der Waals surface area contributed by atoms with E-state index in [1.807, 2.05) is 78.9 Å². The van der Waals surface area contributed by atoms with Gasteiger partial charge in [0.15, 0.2) is 0 Å². The zero-order chi connectivity index (χ0) is 19.6. The van der Waals surface area contributed by atoms with Gasteiger partial charge in [0.1, 0.15) is 0 Å². The molecular weight excluding hydrogens is 421 g/mol. The molecule has 0 amide bonds. The molecule has 2 unspecified atom stereocenters. The van der Waals surface area contributed by atoms with E-state index in [2.05, 4.69) is 0 Å². The molecule has 0 bridgehead atoms. The summed E-state index contributed by atoms with van der Waals surface area (Å²) >= 11 is -0.408. The summed E-state index contributed by atoms with van der Waals surface area (Å²) in [6, 6.07) is 26.2. The van der Waals surface area contributed by atoms with E-state index in [4.69, 9.17) is 4.74 Å². The number of esters is 1. The fourth-order valence-electron chi connectivity index (χ4n) is 3.62. The molecule has 0 aliphatic carbocycles. The Morgan fingerprint density at radius 3 is 2.21 bits per heavy atom. The number of carbonyl (C=O) groups excluding carboxylic acids is 1. The van der Waals surface area contributed by atoms with Gasteiger partial charge in [-0.3, -0.25) is 0 Å². The molecule has 6 heteroatoms. The number of hydrogen-bond donors (Lipinski definition) is 0. The fraction of sp³-hybridized carbons (Fsp3) is 0.136. The number of para-hydroxylation sites is 1. The molecule has 0 saturated carbocycles. The number of benzene rings is 3. The summed E-state index contributed by atoms with van der Waals surface area (Å²) in [4.78, 5) is 24.6. The maximum atomic E-state index is 13.3. The summed E-state index contributed by atoms with van der Waals surface area (Å²) in [6.45, 7) is -0.345. The van der Waals surface area contributed by atoms with Gasteiger partial charge < -0.3 is 0 Å². The van der Waals surface area contributed by atoms with E-state index < -0.39 is 31.2 Å². The molecular formula is C22H17NO4Se. The molecule has 3 aromatic carbocycles. The number of nitro groups is 1. The molecule has 1 aliphatic heterocycles. The van der Waals surface area contributed by atoms with E-state index in [0.29, 0.717) is 5.75 Å². The summed E-state index contributed by atoms with van der Waals surface area (Å²) in [5, 5.41) is 11.6. The van der Waals surface area contributed by atoms with Gasteiger partial charge in [-0.25, -0.2) is 0 Å². The number of ether oxygens (including phenoxy) is 1. The van der Waals surface area contributed by atoms with Crippen LogP contribution in [0.4, 0.5) is 0 Å². The van der Waals surface area contributed by atoms with Crippen molar-refractivity contribution in [3.8, 4) is 5.75 Å². The number of carbonyl (C=O) groups is 1. The Morgan fingerprint density at radius 2 is 1.54 bits per heavy atom. The number of rotatable bonds is 6. The SMILES string of the molecule is O=C1Oc2ccccc2C1([Se]c1ccccc1)C(C[N+](=O)[O-])c1ccccc1. The van der Waals surface area contributed by atoms with Gasteiger partial charge in [-0.05, 0) is 0 Å². The van der Waals surface area contributed by atoms with Crippen LogP contribution in [0, 0.1) is 10.1 Å². The van der Waals surface area contributed by atoms with Crippen LogP contribution in [0.3, 0.4) is 0 Å². The van der Waals surface area contributed by atoms with Crippen LogP contribution in [0.25, 0.3) is 0 Å². The number of hydrogen-bond acceptors (Lipinski definition) is 4. The second-order valence-corrected chi connectivity index (χ2v) is 9.28. The van der Waals surface area contributed by atoms with Gasteiger partial charge in [-0.2, -0.15) is 0 Å². The quantitative estimate of drug-likeness (QED) is 0.195. The molecule has 0 radical (unpaired) electrons. The van der Waals surface area contributed by atoms with Gasteiger partial charge >= 0.3 is 169 Å². The zero-order valence-corrected chi connectivity index (χ0v) is 16.6. The molecule has 4 rings (SSSR count). The van der Waals surface area contributed by atoms with Crippen molar-refractivity contribution in [2.45, 2.75) is 10.2 Å². The van der Waals surface area contributed by atoms with Crippen LogP contribution in [0.15, 0.2) is 84.9 Å². The Balaban J connectivity index is 1.94. The Bertz CT molecular complexity index is 1010. The molecule has 2 atom stereocenters. The monoisotopic (exact) mass is 439 g/mol. The molecule has 0 saturated heterocycles. The Hall–Kier alpha value is -2.95. The fourth-order valence-corrected chi connectivity index (χ4v) is 6.61. The third-order valence-electron chi connectivity index (χ3n) is 4.84. The summed E-state index contributed by atoms with van der Waals surface area (Å²) < 4.78 is 5.53. The zero-order valence-electron chi connectivity index (χ0n) is 14.9. The van der Waals surface area contributed by atoms with Gasteiger partial charge in [-0.1, -0.05) is 0 Å². The molecule has 1 aliphatic rings. The molecule has 0 spiro atoms. The van der Waals surface area contributed by atoms with E-state index in [9.17, 15) is 14.9 Å². The van der Waals surface area contributed by atoms with Crippen LogP contribution < -0.4 is 9.20 Å². The first-order valence-corrected chi connectivity index (χ1v) is 10.5. The molecule has 28 heavy (non-hydrogen) atoms. The van der Waals surface area contributed by atoms with Crippen LogP contribution in [0.2, 0.25) is 0 Å². The average molecular weight is 438 g/mol. The Labute approximate surface area is 168 Å². The second kappa shape index (κ2) is 7.58. The van der Waals surface area contributed by atoms with Crippen LogP contribution in [-0.2, 0) is 9.11 Å². The standard InChI is InChI=1S/C22H17NO4Se/c24-21-22(28-17-11-5-2-6-12-17,18-13-7-8-14-20(18)27-21)19(15-23(25)26)16-9-3-1-4-10-16/h1-14,19H,15H2. The van der Waals surface area contributed by atoms with E-state index in [-0.39, 0.29) is 11.5 Å².